The molecule has 2 heterocycles. The van der Waals surface area contributed by atoms with Gasteiger partial charge in [0.05, 0.1) is 23.7 Å². The van der Waals surface area contributed by atoms with Gasteiger partial charge in [-0.2, -0.15) is 5.26 Å². The molecular formula is C24H24N6O2. The number of carbonyl (C=O) groups is 1. The topological polar surface area (TPSA) is 141 Å². The molecular weight excluding hydrogens is 404 g/mol. The highest BCUT2D eigenvalue weighted by Gasteiger charge is 2.21. The number of allylic oxidation sites excluding steroid dienone is 1. The number of benzene rings is 1. The van der Waals surface area contributed by atoms with Crippen LogP contribution >= 0.6 is 0 Å². The van der Waals surface area contributed by atoms with Crippen molar-refractivity contribution in [2.24, 2.45) is 11.5 Å². The summed E-state index contributed by atoms with van der Waals surface area (Å²) in [6.45, 7) is 5.39. The number of carbonyl (C=O) groups excluding carboxylic acids is 1. The Morgan fingerprint density at radius 3 is 2.53 bits per heavy atom. The standard InChI is InChI=1S/C24H24N6O2/c1-15-23(21(31)10-19(27)17-6-4-16(11-25)5-7-17)29-20(12-28-15)18-8-9-22(32)30(13-18)24(2,3)14-26/h4-10,12-13H,11,25,27H2,1-3H3/b19-10-. The Hall–Kier alpha value is -4.09. The van der Waals surface area contributed by atoms with Gasteiger partial charge in [0, 0.05) is 36.1 Å². The van der Waals surface area contributed by atoms with Gasteiger partial charge in [-0.25, -0.2) is 4.98 Å². The zero-order chi connectivity index (χ0) is 23.5. The van der Waals surface area contributed by atoms with Crippen LogP contribution in [0.1, 0.15) is 41.2 Å². The van der Waals surface area contributed by atoms with E-state index in [0.29, 0.717) is 34.8 Å². The van der Waals surface area contributed by atoms with Gasteiger partial charge in [-0.15, -0.1) is 0 Å². The minimum atomic E-state index is -1.04. The van der Waals surface area contributed by atoms with Gasteiger partial charge in [0.2, 0.25) is 5.78 Å². The van der Waals surface area contributed by atoms with Crippen LogP contribution in [0.15, 0.2) is 59.7 Å². The first kappa shape index (κ1) is 22.6. The maximum Gasteiger partial charge on any atom is 0.251 e. The summed E-state index contributed by atoms with van der Waals surface area (Å²) < 4.78 is 1.33. The van der Waals surface area contributed by atoms with Crippen molar-refractivity contribution < 1.29 is 4.79 Å². The van der Waals surface area contributed by atoms with Crippen molar-refractivity contribution in [1.82, 2.24) is 14.5 Å². The molecule has 0 saturated carbocycles. The molecule has 8 heteroatoms. The highest BCUT2D eigenvalue weighted by molar-refractivity contribution is 6.07. The number of aromatic nitrogens is 3. The second kappa shape index (κ2) is 8.96. The first-order valence-electron chi connectivity index (χ1n) is 9.95. The third-order valence-corrected chi connectivity index (χ3v) is 5.08. The molecule has 8 nitrogen and oxygen atoms in total. The molecule has 0 aliphatic rings. The molecule has 2 aromatic heterocycles. The normalized spacial score (nSPS) is 11.8. The third kappa shape index (κ3) is 4.63. The molecule has 0 aliphatic heterocycles. The van der Waals surface area contributed by atoms with E-state index in [9.17, 15) is 14.9 Å². The Kier molecular flexibility index (Phi) is 6.32. The summed E-state index contributed by atoms with van der Waals surface area (Å²) in [5.41, 5.74) is 13.9. The van der Waals surface area contributed by atoms with Crippen molar-refractivity contribution >= 4 is 11.5 Å². The number of pyridine rings is 1. The van der Waals surface area contributed by atoms with Crippen LogP contribution in [0.5, 0.6) is 0 Å². The van der Waals surface area contributed by atoms with Gasteiger partial charge in [-0.3, -0.25) is 19.1 Å². The Morgan fingerprint density at radius 2 is 1.91 bits per heavy atom. The van der Waals surface area contributed by atoms with Crippen LogP contribution in [0.3, 0.4) is 0 Å². The number of hydrogen-bond donors (Lipinski definition) is 2. The van der Waals surface area contributed by atoms with E-state index < -0.39 is 5.54 Å². The lowest BCUT2D eigenvalue weighted by Crippen LogP contribution is -2.34. The molecule has 32 heavy (non-hydrogen) atoms. The van der Waals surface area contributed by atoms with E-state index in [1.807, 2.05) is 12.1 Å². The number of nitriles is 1. The van der Waals surface area contributed by atoms with Crippen LogP contribution < -0.4 is 17.0 Å². The summed E-state index contributed by atoms with van der Waals surface area (Å²) in [4.78, 5) is 33.9. The lowest BCUT2D eigenvalue weighted by molar-refractivity contribution is 0.104. The van der Waals surface area contributed by atoms with Crippen molar-refractivity contribution in [3.8, 4) is 17.3 Å². The van der Waals surface area contributed by atoms with Gasteiger partial charge in [0.15, 0.2) is 0 Å². The number of nitrogens with zero attached hydrogens (tertiary/aromatic N) is 4. The molecule has 0 aliphatic carbocycles. The van der Waals surface area contributed by atoms with Crippen molar-refractivity contribution in [2.75, 3.05) is 0 Å². The molecule has 0 bridgehead atoms. The number of aryl methyl sites for hydroxylation is 1. The molecule has 0 unspecified atom stereocenters. The molecule has 4 N–H and O–H groups in total. The van der Waals surface area contributed by atoms with Crippen LogP contribution in [-0.2, 0) is 12.1 Å². The van der Waals surface area contributed by atoms with Crippen molar-refractivity contribution in [3.63, 3.8) is 0 Å². The molecule has 0 saturated heterocycles. The second-order valence-corrected chi connectivity index (χ2v) is 7.85. The van der Waals surface area contributed by atoms with Gasteiger partial charge >= 0.3 is 0 Å². The van der Waals surface area contributed by atoms with Gasteiger partial charge in [-0.1, -0.05) is 24.3 Å². The average Bonchev–Trinajstić information content (AvgIpc) is 2.79. The Bertz CT molecular complexity index is 1300. The molecule has 162 valence electrons. The molecule has 3 aromatic rings. The first-order chi connectivity index (χ1) is 15.2. The van der Waals surface area contributed by atoms with Gasteiger partial charge in [-0.05, 0) is 38.0 Å². The molecule has 0 atom stereocenters. The number of nitrogens with two attached hydrogens (primary N) is 2. The minimum Gasteiger partial charge on any atom is -0.398 e. The number of rotatable bonds is 6. The highest BCUT2D eigenvalue weighted by Crippen LogP contribution is 2.20. The molecule has 0 amide bonds. The molecule has 0 fully saturated rings. The quantitative estimate of drug-likeness (QED) is 0.454. The van der Waals surface area contributed by atoms with E-state index in [4.69, 9.17) is 11.5 Å². The third-order valence-electron chi connectivity index (χ3n) is 5.08. The molecule has 3 rings (SSSR count). The van der Waals surface area contributed by atoms with E-state index in [1.165, 1.54) is 22.9 Å². The summed E-state index contributed by atoms with van der Waals surface area (Å²) in [5.74, 6) is -0.386. The SMILES string of the molecule is Cc1ncc(-c2ccc(=O)n(C(C)(C)C#N)c2)nc1C(=O)/C=C(\N)c1ccc(CN)cc1. The predicted molar refractivity (Wildman–Crippen MR) is 122 cm³/mol. The van der Waals surface area contributed by atoms with Crippen molar-refractivity contribution in [2.45, 2.75) is 32.9 Å². The largest absolute Gasteiger partial charge is 0.398 e. The fraction of sp³-hybridized carbons (Fsp3) is 0.208. The van der Waals surface area contributed by atoms with Crippen LogP contribution in [0, 0.1) is 18.3 Å². The fourth-order valence-corrected chi connectivity index (χ4v) is 3.08. The highest BCUT2D eigenvalue weighted by atomic mass is 16.1. The van der Waals surface area contributed by atoms with Crippen molar-refractivity contribution in [1.29, 1.82) is 5.26 Å². The fourth-order valence-electron chi connectivity index (χ4n) is 3.08. The summed E-state index contributed by atoms with van der Waals surface area (Å²) in [7, 11) is 0. The minimum absolute atomic E-state index is 0.154. The van der Waals surface area contributed by atoms with Crippen molar-refractivity contribution in [3.05, 3.63) is 87.7 Å². The summed E-state index contributed by atoms with van der Waals surface area (Å²) in [6.07, 6.45) is 4.38. The second-order valence-electron chi connectivity index (χ2n) is 7.85. The summed E-state index contributed by atoms with van der Waals surface area (Å²) in [6, 6.07) is 12.4. The maximum absolute atomic E-state index is 12.9. The average molecular weight is 428 g/mol. The van der Waals surface area contributed by atoms with Crippen LogP contribution in [-0.4, -0.2) is 20.3 Å². The zero-order valence-electron chi connectivity index (χ0n) is 18.2. The Balaban J connectivity index is 1.99. The van der Waals surface area contributed by atoms with E-state index >= 15 is 0 Å². The molecule has 0 spiro atoms. The van der Waals surface area contributed by atoms with Crippen LogP contribution in [0.4, 0.5) is 0 Å². The van der Waals surface area contributed by atoms with E-state index in [-0.39, 0.29) is 17.0 Å². The lowest BCUT2D eigenvalue weighted by atomic mass is 10.1. The maximum atomic E-state index is 12.9. The van der Waals surface area contributed by atoms with Gasteiger partial charge in [0.25, 0.3) is 5.56 Å². The van der Waals surface area contributed by atoms with E-state index in [1.54, 1.807) is 45.2 Å². The molecule has 0 radical (unpaired) electrons. The molecule has 1 aromatic carbocycles. The smallest absolute Gasteiger partial charge is 0.251 e. The van der Waals surface area contributed by atoms with Crippen LogP contribution in [0.25, 0.3) is 17.0 Å². The van der Waals surface area contributed by atoms with E-state index in [2.05, 4.69) is 16.0 Å². The van der Waals surface area contributed by atoms with Crippen LogP contribution in [0.2, 0.25) is 0 Å². The van der Waals surface area contributed by atoms with E-state index in [0.717, 1.165) is 5.56 Å². The predicted octanol–water partition coefficient (Wildman–Crippen LogP) is 2.51. The van der Waals surface area contributed by atoms with Gasteiger partial charge < -0.3 is 11.5 Å². The zero-order valence-corrected chi connectivity index (χ0v) is 18.2. The monoisotopic (exact) mass is 428 g/mol. The number of hydrogen-bond acceptors (Lipinski definition) is 7. The lowest BCUT2D eigenvalue weighted by Gasteiger charge is -2.19. The summed E-state index contributed by atoms with van der Waals surface area (Å²) in [5, 5.41) is 9.39. The Morgan fingerprint density at radius 1 is 1.22 bits per heavy atom. The number of ketones is 1. The summed E-state index contributed by atoms with van der Waals surface area (Å²) >= 11 is 0. The first-order valence-corrected chi connectivity index (χ1v) is 9.95. The Labute approximate surface area is 185 Å². The van der Waals surface area contributed by atoms with Gasteiger partial charge in [0.1, 0.15) is 11.2 Å².